The molecule has 0 saturated carbocycles. The number of nitrogens with two attached hydrogens (primary N) is 1. The smallest absolute Gasteiger partial charge is 0.307 e. The summed E-state index contributed by atoms with van der Waals surface area (Å²) < 4.78 is 6.43. The lowest BCUT2D eigenvalue weighted by atomic mass is 10.1. The highest BCUT2D eigenvalue weighted by Gasteiger charge is 2.12. The molecule has 0 spiro atoms. The van der Waals surface area contributed by atoms with Gasteiger partial charge in [-0.2, -0.15) is 0 Å². The molecule has 0 amide bonds. The second-order valence-electron chi connectivity index (χ2n) is 3.06. The molecule has 15 heavy (non-hydrogen) atoms. The summed E-state index contributed by atoms with van der Waals surface area (Å²) in [6, 6.07) is 5.32. The normalized spacial score (nSPS) is 12.3. The van der Waals surface area contributed by atoms with E-state index in [9.17, 15) is 4.79 Å². The van der Waals surface area contributed by atoms with Crippen molar-refractivity contribution in [3.05, 3.63) is 32.7 Å². The van der Waals surface area contributed by atoms with Gasteiger partial charge in [0, 0.05) is 15.0 Å². The predicted molar refractivity (Wildman–Crippen MR) is 65.4 cm³/mol. The summed E-state index contributed by atoms with van der Waals surface area (Å²) in [5.41, 5.74) is 6.75. The minimum Gasteiger partial charge on any atom is -0.469 e. The van der Waals surface area contributed by atoms with Crippen LogP contribution in [-0.4, -0.2) is 13.1 Å². The predicted octanol–water partition coefficient (Wildman–Crippen LogP) is 2.77. The van der Waals surface area contributed by atoms with Gasteiger partial charge in [0.2, 0.25) is 0 Å². The third kappa shape index (κ3) is 3.59. The average molecular weight is 337 g/mol. The van der Waals surface area contributed by atoms with Crippen LogP contribution in [0.3, 0.4) is 0 Å². The summed E-state index contributed by atoms with van der Waals surface area (Å²) >= 11 is 6.74. The van der Waals surface area contributed by atoms with Crippen molar-refractivity contribution in [2.75, 3.05) is 7.11 Å². The van der Waals surface area contributed by atoms with Crippen molar-refractivity contribution in [3.63, 3.8) is 0 Å². The Labute approximate surface area is 105 Å². The molecular weight excluding hydrogens is 326 g/mol. The number of methoxy groups -OCH3 is 1. The molecule has 1 aromatic carbocycles. The van der Waals surface area contributed by atoms with Gasteiger partial charge in [0.1, 0.15) is 0 Å². The van der Waals surface area contributed by atoms with Gasteiger partial charge in [0.05, 0.1) is 13.5 Å². The van der Waals surface area contributed by atoms with E-state index in [0.717, 1.165) is 14.5 Å². The van der Waals surface area contributed by atoms with Crippen molar-refractivity contribution in [2.45, 2.75) is 12.5 Å². The lowest BCUT2D eigenvalue weighted by Crippen LogP contribution is -2.16. The first-order valence-corrected chi connectivity index (χ1v) is 5.90. The second-order valence-corrected chi connectivity index (χ2v) is 4.77. The van der Waals surface area contributed by atoms with Crippen LogP contribution in [0.25, 0.3) is 0 Å². The number of rotatable bonds is 3. The van der Waals surface area contributed by atoms with Crippen molar-refractivity contribution in [2.24, 2.45) is 5.73 Å². The minimum absolute atomic E-state index is 0.185. The average Bonchev–Trinajstić information content (AvgIpc) is 2.21. The summed E-state index contributed by atoms with van der Waals surface area (Å²) in [6.45, 7) is 0. The molecular formula is C10H11Br2NO2. The Bertz CT molecular complexity index is 368. The lowest BCUT2D eigenvalue weighted by Gasteiger charge is -2.11. The van der Waals surface area contributed by atoms with Crippen LogP contribution in [0.1, 0.15) is 18.0 Å². The number of carbonyl (C=O) groups is 1. The van der Waals surface area contributed by atoms with Gasteiger partial charge in [0.25, 0.3) is 0 Å². The van der Waals surface area contributed by atoms with Crippen LogP contribution < -0.4 is 5.73 Å². The van der Waals surface area contributed by atoms with E-state index in [2.05, 4.69) is 36.6 Å². The lowest BCUT2D eigenvalue weighted by molar-refractivity contribution is -0.141. The molecule has 2 N–H and O–H groups in total. The SMILES string of the molecule is COC(=O)C[C@H](N)c1ccc(Br)c(Br)c1. The molecule has 0 saturated heterocycles. The molecule has 1 aromatic rings. The number of ether oxygens (including phenoxy) is 1. The van der Waals surface area contributed by atoms with Crippen LogP contribution >= 0.6 is 31.9 Å². The van der Waals surface area contributed by atoms with E-state index in [4.69, 9.17) is 5.73 Å². The van der Waals surface area contributed by atoms with Crippen LogP contribution in [0, 0.1) is 0 Å². The molecule has 0 radical (unpaired) electrons. The largest absolute Gasteiger partial charge is 0.469 e. The molecule has 0 fully saturated rings. The first-order valence-electron chi connectivity index (χ1n) is 4.32. The molecule has 0 aliphatic heterocycles. The summed E-state index contributed by atoms with van der Waals surface area (Å²) in [7, 11) is 1.35. The van der Waals surface area contributed by atoms with Crippen LogP contribution in [0.4, 0.5) is 0 Å². The summed E-state index contributed by atoms with van der Waals surface area (Å²) in [5, 5.41) is 0. The van der Waals surface area contributed by atoms with Gasteiger partial charge >= 0.3 is 5.97 Å². The first-order chi connectivity index (χ1) is 7.04. The van der Waals surface area contributed by atoms with Gasteiger partial charge in [-0.1, -0.05) is 6.07 Å². The van der Waals surface area contributed by atoms with Gasteiger partial charge in [0.15, 0.2) is 0 Å². The number of benzene rings is 1. The Morgan fingerprint density at radius 3 is 2.67 bits per heavy atom. The van der Waals surface area contributed by atoms with Gasteiger partial charge in [-0.3, -0.25) is 4.79 Å². The molecule has 82 valence electrons. The van der Waals surface area contributed by atoms with Crippen molar-refractivity contribution >= 4 is 37.8 Å². The second kappa shape index (κ2) is 5.63. The molecule has 0 aliphatic carbocycles. The Kier molecular flexibility index (Phi) is 4.76. The fraction of sp³-hybridized carbons (Fsp3) is 0.300. The molecule has 1 rings (SSSR count). The van der Waals surface area contributed by atoms with Gasteiger partial charge in [-0.25, -0.2) is 0 Å². The Morgan fingerprint density at radius 1 is 1.47 bits per heavy atom. The minimum atomic E-state index is -0.332. The molecule has 0 unspecified atom stereocenters. The van der Waals surface area contributed by atoms with Crippen LogP contribution in [-0.2, 0) is 9.53 Å². The highest BCUT2D eigenvalue weighted by atomic mass is 79.9. The fourth-order valence-electron chi connectivity index (χ4n) is 1.12. The summed E-state index contributed by atoms with van der Waals surface area (Å²) in [4.78, 5) is 11.0. The van der Waals surface area contributed by atoms with E-state index in [1.54, 1.807) is 0 Å². The van der Waals surface area contributed by atoms with Crippen molar-refractivity contribution in [1.82, 2.24) is 0 Å². The van der Waals surface area contributed by atoms with Crippen LogP contribution in [0.15, 0.2) is 27.1 Å². The van der Waals surface area contributed by atoms with E-state index in [1.807, 2.05) is 18.2 Å². The molecule has 3 nitrogen and oxygen atoms in total. The first kappa shape index (κ1) is 12.7. The summed E-state index contributed by atoms with van der Waals surface area (Å²) in [6.07, 6.45) is 0.185. The number of carbonyl (C=O) groups excluding carboxylic acids is 1. The van der Waals surface area contributed by atoms with E-state index in [1.165, 1.54) is 7.11 Å². The Balaban J connectivity index is 2.78. The zero-order chi connectivity index (χ0) is 11.4. The Hall–Kier alpha value is -0.390. The number of halogens is 2. The highest BCUT2D eigenvalue weighted by Crippen LogP contribution is 2.26. The van der Waals surface area contributed by atoms with Crippen molar-refractivity contribution < 1.29 is 9.53 Å². The van der Waals surface area contributed by atoms with Crippen LogP contribution in [0.5, 0.6) is 0 Å². The molecule has 5 heteroatoms. The maximum atomic E-state index is 11.0. The number of esters is 1. The quantitative estimate of drug-likeness (QED) is 0.863. The van der Waals surface area contributed by atoms with Crippen LogP contribution in [0.2, 0.25) is 0 Å². The fourth-order valence-corrected chi connectivity index (χ4v) is 1.77. The third-order valence-electron chi connectivity index (χ3n) is 1.99. The topological polar surface area (TPSA) is 52.3 Å². The van der Waals surface area contributed by atoms with Crippen molar-refractivity contribution in [1.29, 1.82) is 0 Å². The van der Waals surface area contributed by atoms with Gasteiger partial charge in [-0.15, -0.1) is 0 Å². The van der Waals surface area contributed by atoms with E-state index < -0.39 is 0 Å². The molecule has 0 aliphatic rings. The van der Waals surface area contributed by atoms with Crippen molar-refractivity contribution in [3.8, 4) is 0 Å². The van der Waals surface area contributed by atoms with Gasteiger partial charge < -0.3 is 10.5 Å². The molecule has 1 atom stereocenters. The zero-order valence-corrected chi connectivity index (χ0v) is 11.3. The zero-order valence-electron chi connectivity index (χ0n) is 8.17. The maximum absolute atomic E-state index is 11.0. The van der Waals surface area contributed by atoms with E-state index in [0.29, 0.717) is 0 Å². The van der Waals surface area contributed by atoms with E-state index >= 15 is 0 Å². The standard InChI is InChI=1S/C10H11Br2NO2/c1-15-10(14)5-9(13)6-2-3-7(11)8(12)4-6/h2-4,9H,5,13H2,1H3/t9-/m0/s1. The van der Waals surface area contributed by atoms with Gasteiger partial charge in [-0.05, 0) is 49.6 Å². The number of hydrogen-bond acceptors (Lipinski definition) is 3. The van der Waals surface area contributed by atoms with E-state index in [-0.39, 0.29) is 18.4 Å². The molecule has 0 bridgehead atoms. The summed E-state index contributed by atoms with van der Waals surface area (Å²) in [5.74, 6) is -0.304. The molecule has 0 aromatic heterocycles. The number of hydrogen-bond donors (Lipinski definition) is 1. The monoisotopic (exact) mass is 335 g/mol. The third-order valence-corrected chi connectivity index (χ3v) is 3.87. The Morgan fingerprint density at radius 2 is 2.13 bits per heavy atom. The maximum Gasteiger partial charge on any atom is 0.307 e. The highest BCUT2D eigenvalue weighted by molar-refractivity contribution is 9.13. The molecule has 0 heterocycles.